The van der Waals surface area contributed by atoms with Crippen LogP contribution in [0.2, 0.25) is 0 Å². The number of amides is 1. The smallest absolute Gasteiger partial charge is 0.407 e. The van der Waals surface area contributed by atoms with E-state index < -0.39 is 12.1 Å². The Morgan fingerprint density at radius 3 is 2.61 bits per heavy atom. The Labute approximate surface area is 105 Å². The number of carbonyl (C=O) groups is 2. The first-order valence-corrected chi connectivity index (χ1v) is 5.46. The Balaban J connectivity index is 2.89. The van der Waals surface area contributed by atoms with Crippen LogP contribution in [0.1, 0.15) is 24.2 Å². The molecule has 1 aromatic rings. The van der Waals surface area contributed by atoms with Crippen LogP contribution < -0.4 is 5.32 Å². The maximum Gasteiger partial charge on any atom is 0.407 e. The molecule has 0 aliphatic heterocycles. The summed E-state index contributed by atoms with van der Waals surface area (Å²) in [7, 11) is 1.24. The molecule has 0 aliphatic carbocycles. The average Bonchev–Trinajstić information content (AvgIpc) is 2.83. The van der Waals surface area contributed by atoms with Gasteiger partial charge in [0.15, 0.2) is 0 Å². The Bertz CT molecular complexity index is 485. The van der Waals surface area contributed by atoms with Gasteiger partial charge >= 0.3 is 6.09 Å². The summed E-state index contributed by atoms with van der Waals surface area (Å²) in [5.74, 6) is -0.401. The second kappa shape index (κ2) is 5.87. The molecule has 0 saturated heterocycles. The largest absolute Gasteiger partial charge is 0.453 e. The van der Waals surface area contributed by atoms with Crippen LogP contribution in [0, 0.1) is 17.2 Å². The lowest BCUT2D eigenvalue weighted by Crippen LogP contribution is -2.46. The fourth-order valence-corrected chi connectivity index (χ4v) is 1.46. The van der Waals surface area contributed by atoms with E-state index in [2.05, 4.69) is 10.1 Å². The lowest BCUT2D eigenvalue weighted by Gasteiger charge is -2.20. The topological polar surface area (TPSA) is 84.1 Å². The molecule has 18 heavy (non-hydrogen) atoms. The summed E-state index contributed by atoms with van der Waals surface area (Å²) in [4.78, 5) is 23.3. The monoisotopic (exact) mass is 249 g/mol. The number of methoxy groups -OCH3 is 1. The summed E-state index contributed by atoms with van der Waals surface area (Å²) < 4.78 is 5.77. The van der Waals surface area contributed by atoms with Gasteiger partial charge in [-0.2, -0.15) is 5.26 Å². The second-order valence-corrected chi connectivity index (χ2v) is 4.12. The Morgan fingerprint density at radius 2 is 2.17 bits per heavy atom. The number of nitriles is 1. The molecule has 1 N–H and O–H groups in total. The zero-order chi connectivity index (χ0) is 13.7. The highest BCUT2D eigenvalue weighted by Gasteiger charge is 2.25. The number of hydrogen-bond donors (Lipinski definition) is 1. The van der Waals surface area contributed by atoms with Crippen molar-refractivity contribution in [2.24, 2.45) is 5.92 Å². The van der Waals surface area contributed by atoms with Gasteiger partial charge in [-0.05, 0) is 12.0 Å². The van der Waals surface area contributed by atoms with Crippen molar-refractivity contribution in [2.45, 2.75) is 19.9 Å². The SMILES string of the molecule is COC(=O)NC(C(=O)n1ccc(C#N)c1)C(C)C. The molecule has 0 saturated carbocycles. The summed E-state index contributed by atoms with van der Waals surface area (Å²) >= 11 is 0. The third-order valence-corrected chi connectivity index (χ3v) is 2.47. The van der Waals surface area contributed by atoms with Crippen molar-refractivity contribution < 1.29 is 14.3 Å². The number of nitrogens with zero attached hydrogens (tertiary/aromatic N) is 2. The number of hydrogen-bond acceptors (Lipinski definition) is 4. The molecular weight excluding hydrogens is 234 g/mol. The van der Waals surface area contributed by atoms with E-state index in [4.69, 9.17) is 5.26 Å². The van der Waals surface area contributed by atoms with Gasteiger partial charge in [0.25, 0.3) is 5.91 Å². The summed E-state index contributed by atoms with van der Waals surface area (Å²) in [5.41, 5.74) is 0.393. The Hall–Kier alpha value is -2.29. The van der Waals surface area contributed by atoms with E-state index in [1.165, 1.54) is 30.1 Å². The van der Waals surface area contributed by atoms with Gasteiger partial charge in [-0.25, -0.2) is 4.79 Å². The van der Waals surface area contributed by atoms with E-state index >= 15 is 0 Å². The van der Waals surface area contributed by atoms with Crippen molar-refractivity contribution in [3.63, 3.8) is 0 Å². The quantitative estimate of drug-likeness (QED) is 0.877. The Kier molecular flexibility index (Phi) is 4.49. The molecule has 1 amide bonds. The summed E-state index contributed by atoms with van der Waals surface area (Å²) in [6.45, 7) is 3.63. The van der Waals surface area contributed by atoms with Crippen LogP contribution in [-0.4, -0.2) is 29.7 Å². The van der Waals surface area contributed by atoms with E-state index in [1.807, 2.05) is 19.9 Å². The first-order valence-electron chi connectivity index (χ1n) is 5.46. The predicted molar refractivity (Wildman–Crippen MR) is 63.9 cm³/mol. The molecule has 1 heterocycles. The van der Waals surface area contributed by atoms with Gasteiger partial charge in [0.2, 0.25) is 0 Å². The summed E-state index contributed by atoms with van der Waals surface area (Å²) in [5, 5.41) is 11.2. The first kappa shape index (κ1) is 13.8. The van der Waals surface area contributed by atoms with Crippen LogP contribution in [-0.2, 0) is 4.74 Å². The number of carbonyl (C=O) groups excluding carboxylic acids is 2. The van der Waals surface area contributed by atoms with E-state index in [1.54, 1.807) is 0 Å². The highest BCUT2D eigenvalue weighted by molar-refractivity contribution is 5.88. The van der Waals surface area contributed by atoms with E-state index in [9.17, 15) is 9.59 Å². The van der Waals surface area contributed by atoms with Crippen LogP contribution in [0.5, 0.6) is 0 Å². The minimum absolute atomic E-state index is 0.0930. The number of alkyl carbamates (subject to hydrolysis) is 1. The molecule has 6 heteroatoms. The number of ether oxygens (including phenoxy) is 1. The molecule has 1 atom stereocenters. The first-order chi connectivity index (χ1) is 8.49. The predicted octanol–water partition coefficient (Wildman–Crippen LogP) is 1.38. The fourth-order valence-electron chi connectivity index (χ4n) is 1.46. The molecule has 6 nitrogen and oxygen atoms in total. The van der Waals surface area contributed by atoms with E-state index in [0.29, 0.717) is 5.56 Å². The molecule has 0 radical (unpaired) electrons. The second-order valence-electron chi connectivity index (χ2n) is 4.12. The molecule has 0 spiro atoms. The van der Waals surface area contributed by atoms with Crippen molar-refractivity contribution in [3.8, 4) is 6.07 Å². The molecular formula is C12H15N3O3. The molecule has 1 aromatic heterocycles. The zero-order valence-electron chi connectivity index (χ0n) is 10.5. The minimum Gasteiger partial charge on any atom is -0.453 e. The molecule has 0 fully saturated rings. The van der Waals surface area contributed by atoms with Crippen molar-refractivity contribution >= 4 is 12.0 Å². The van der Waals surface area contributed by atoms with Gasteiger partial charge in [-0.1, -0.05) is 13.8 Å². The highest BCUT2D eigenvalue weighted by Crippen LogP contribution is 2.08. The van der Waals surface area contributed by atoms with Crippen LogP contribution in [0.4, 0.5) is 4.79 Å². The molecule has 1 unspecified atom stereocenters. The van der Waals surface area contributed by atoms with Crippen molar-refractivity contribution in [1.82, 2.24) is 9.88 Å². The fraction of sp³-hybridized carbons (Fsp3) is 0.417. The van der Waals surface area contributed by atoms with Crippen LogP contribution in [0.25, 0.3) is 0 Å². The standard InChI is InChI=1S/C12H15N3O3/c1-8(2)10(14-12(17)18-3)11(16)15-5-4-9(6-13)7-15/h4-5,7-8,10H,1-3H3,(H,14,17). The minimum atomic E-state index is -0.698. The zero-order valence-corrected chi connectivity index (χ0v) is 10.5. The normalized spacial score (nSPS) is 11.7. The molecule has 0 aromatic carbocycles. The molecule has 1 rings (SSSR count). The molecule has 96 valence electrons. The van der Waals surface area contributed by atoms with Crippen LogP contribution >= 0.6 is 0 Å². The lowest BCUT2D eigenvalue weighted by molar-refractivity contribution is 0.0820. The van der Waals surface area contributed by atoms with Gasteiger partial charge in [0, 0.05) is 12.4 Å². The molecule has 0 bridgehead atoms. The van der Waals surface area contributed by atoms with Gasteiger partial charge in [-0.3, -0.25) is 9.36 Å². The number of aromatic nitrogens is 1. The van der Waals surface area contributed by atoms with Crippen LogP contribution in [0.15, 0.2) is 18.5 Å². The van der Waals surface area contributed by atoms with Gasteiger partial charge < -0.3 is 10.1 Å². The highest BCUT2D eigenvalue weighted by atomic mass is 16.5. The number of nitrogens with one attached hydrogen (secondary N) is 1. The van der Waals surface area contributed by atoms with Gasteiger partial charge in [0.05, 0.1) is 12.7 Å². The third kappa shape index (κ3) is 3.10. The van der Waals surface area contributed by atoms with E-state index in [0.717, 1.165) is 0 Å². The van der Waals surface area contributed by atoms with Gasteiger partial charge in [0.1, 0.15) is 12.1 Å². The lowest BCUT2D eigenvalue weighted by atomic mass is 10.0. The average molecular weight is 249 g/mol. The molecule has 0 aliphatic rings. The summed E-state index contributed by atoms with van der Waals surface area (Å²) in [6, 6.07) is 2.77. The van der Waals surface area contributed by atoms with Crippen molar-refractivity contribution in [1.29, 1.82) is 5.26 Å². The van der Waals surface area contributed by atoms with Crippen molar-refractivity contribution in [2.75, 3.05) is 7.11 Å². The Morgan fingerprint density at radius 1 is 1.50 bits per heavy atom. The van der Waals surface area contributed by atoms with Crippen molar-refractivity contribution in [3.05, 3.63) is 24.0 Å². The maximum absolute atomic E-state index is 12.2. The number of rotatable bonds is 3. The van der Waals surface area contributed by atoms with Gasteiger partial charge in [-0.15, -0.1) is 0 Å². The van der Waals surface area contributed by atoms with Crippen LogP contribution in [0.3, 0.4) is 0 Å². The summed E-state index contributed by atoms with van der Waals surface area (Å²) in [6.07, 6.45) is 2.26. The van der Waals surface area contributed by atoms with E-state index in [-0.39, 0.29) is 11.8 Å². The maximum atomic E-state index is 12.2. The third-order valence-electron chi connectivity index (χ3n) is 2.47.